The molecule has 0 spiro atoms. The average Bonchev–Trinajstić information content (AvgIpc) is 3.12. The maximum atomic E-state index is 11.3. The molecule has 1 rings (SSSR count). The van der Waals surface area contributed by atoms with Crippen molar-refractivity contribution in [2.75, 3.05) is 0 Å². The molecule has 1 unspecified atom stereocenters. The van der Waals surface area contributed by atoms with Crippen LogP contribution in [0.2, 0.25) is 0 Å². The number of carboxylic acid groups (broad SMARTS) is 1. The van der Waals surface area contributed by atoms with Crippen molar-refractivity contribution in [3.8, 4) is 0 Å². The van der Waals surface area contributed by atoms with E-state index in [1.807, 2.05) is 0 Å². The van der Waals surface area contributed by atoms with Gasteiger partial charge >= 0.3 is 5.97 Å². The Morgan fingerprint density at radius 3 is 2.24 bits per heavy atom. The van der Waals surface area contributed by atoms with Crippen molar-refractivity contribution in [2.24, 2.45) is 0 Å². The first-order valence-corrected chi connectivity index (χ1v) is 9.45. The van der Waals surface area contributed by atoms with Gasteiger partial charge in [-0.15, -0.1) is 0 Å². The van der Waals surface area contributed by atoms with Gasteiger partial charge in [-0.2, -0.15) is 0 Å². The molecule has 0 saturated heterocycles. The van der Waals surface area contributed by atoms with Crippen molar-refractivity contribution in [1.82, 2.24) is 0 Å². The zero-order valence-electron chi connectivity index (χ0n) is 15.4. The maximum Gasteiger partial charge on any atom is 0.311 e. The standard InChI is InChI=1S/C22H32O3/c1-2-3-4-5-6-7-8-9-10-11-12-13-14-15-16-21(22(23)24)20-17-18-25-19-20/h6-7,9-10,12-13,17-19,21H,2-5,8,11,14-16H2,1H3,(H,23,24). The molecule has 0 amide bonds. The summed E-state index contributed by atoms with van der Waals surface area (Å²) in [6, 6.07) is 1.73. The lowest BCUT2D eigenvalue weighted by atomic mass is 9.96. The lowest BCUT2D eigenvalue weighted by molar-refractivity contribution is -0.139. The summed E-state index contributed by atoms with van der Waals surface area (Å²) in [5.74, 6) is -1.24. The molecule has 0 aromatic carbocycles. The van der Waals surface area contributed by atoms with Crippen LogP contribution < -0.4 is 0 Å². The third kappa shape index (κ3) is 10.4. The van der Waals surface area contributed by atoms with Crippen molar-refractivity contribution in [3.05, 3.63) is 60.6 Å². The highest BCUT2D eigenvalue weighted by atomic mass is 16.4. The van der Waals surface area contributed by atoms with Crippen LogP contribution in [0, 0.1) is 0 Å². The minimum Gasteiger partial charge on any atom is -0.481 e. The molecule has 0 fully saturated rings. The highest BCUT2D eigenvalue weighted by molar-refractivity contribution is 5.75. The normalized spacial score (nSPS) is 13.3. The van der Waals surface area contributed by atoms with Gasteiger partial charge in [0.15, 0.2) is 0 Å². The van der Waals surface area contributed by atoms with Gasteiger partial charge in [0.25, 0.3) is 0 Å². The third-order valence-corrected chi connectivity index (χ3v) is 4.13. The molecule has 0 saturated carbocycles. The Bertz CT molecular complexity index is 523. The Labute approximate surface area is 152 Å². The highest BCUT2D eigenvalue weighted by Crippen LogP contribution is 2.22. The van der Waals surface area contributed by atoms with E-state index in [0.29, 0.717) is 6.42 Å². The van der Waals surface area contributed by atoms with E-state index in [2.05, 4.69) is 43.4 Å². The van der Waals surface area contributed by atoms with Crippen LogP contribution in [0.4, 0.5) is 0 Å². The molecule has 0 aliphatic rings. The largest absolute Gasteiger partial charge is 0.481 e. The highest BCUT2D eigenvalue weighted by Gasteiger charge is 2.19. The molecule has 1 N–H and O–H groups in total. The summed E-state index contributed by atoms with van der Waals surface area (Å²) in [6.07, 6.45) is 25.7. The van der Waals surface area contributed by atoms with Gasteiger partial charge < -0.3 is 9.52 Å². The second-order valence-corrected chi connectivity index (χ2v) is 6.26. The molecule has 1 aromatic heterocycles. The van der Waals surface area contributed by atoms with Crippen molar-refractivity contribution in [1.29, 1.82) is 0 Å². The predicted octanol–water partition coefficient (Wildman–Crippen LogP) is 6.65. The maximum absolute atomic E-state index is 11.3. The number of carboxylic acids is 1. The number of furan rings is 1. The Morgan fingerprint density at radius 2 is 1.68 bits per heavy atom. The van der Waals surface area contributed by atoms with Crippen molar-refractivity contribution >= 4 is 5.97 Å². The van der Waals surface area contributed by atoms with Gasteiger partial charge in [-0.1, -0.05) is 56.2 Å². The fraction of sp³-hybridized carbons (Fsp3) is 0.500. The zero-order chi connectivity index (χ0) is 18.2. The minimum absolute atomic E-state index is 0.462. The van der Waals surface area contributed by atoms with E-state index in [-0.39, 0.29) is 0 Å². The number of aliphatic carboxylic acids is 1. The monoisotopic (exact) mass is 344 g/mol. The number of hydrogen-bond acceptors (Lipinski definition) is 2. The Hall–Kier alpha value is -2.03. The summed E-state index contributed by atoms with van der Waals surface area (Å²) in [6.45, 7) is 2.23. The molecular formula is C22H32O3. The Morgan fingerprint density at radius 1 is 1.04 bits per heavy atom. The van der Waals surface area contributed by atoms with Crippen LogP contribution in [0.5, 0.6) is 0 Å². The lowest BCUT2D eigenvalue weighted by Crippen LogP contribution is -2.10. The molecule has 0 aliphatic carbocycles. The van der Waals surface area contributed by atoms with Gasteiger partial charge in [0.1, 0.15) is 0 Å². The van der Waals surface area contributed by atoms with Crippen molar-refractivity contribution in [2.45, 2.75) is 70.6 Å². The molecule has 0 bridgehead atoms. The summed E-state index contributed by atoms with van der Waals surface area (Å²) >= 11 is 0. The van der Waals surface area contributed by atoms with Crippen LogP contribution in [-0.4, -0.2) is 11.1 Å². The zero-order valence-corrected chi connectivity index (χ0v) is 15.4. The summed E-state index contributed by atoms with van der Waals surface area (Å²) in [4.78, 5) is 11.3. The Balaban J connectivity index is 2.08. The van der Waals surface area contributed by atoms with E-state index in [9.17, 15) is 9.90 Å². The molecular weight excluding hydrogens is 312 g/mol. The van der Waals surface area contributed by atoms with Gasteiger partial charge in [0.05, 0.1) is 18.4 Å². The predicted molar refractivity (Wildman–Crippen MR) is 104 cm³/mol. The molecule has 1 aromatic rings. The van der Waals surface area contributed by atoms with Crippen molar-refractivity contribution in [3.63, 3.8) is 0 Å². The number of carbonyl (C=O) groups is 1. The first kappa shape index (κ1) is 21.0. The number of rotatable bonds is 14. The lowest BCUT2D eigenvalue weighted by Gasteiger charge is -2.08. The molecule has 138 valence electrons. The van der Waals surface area contributed by atoms with E-state index in [1.165, 1.54) is 38.2 Å². The van der Waals surface area contributed by atoms with Gasteiger partial charge in [-0.3, -0.25) is 4.79 Å². The van der Waals surface area contributed by atoms with Crippen LogP contribution in [0.25, 0.3) is 0 Å². The summed E-state index contributed by atoms with van der Waals surface area (Å²) in [7, 11) is 0. The first-order valence-electron chi connectivity index (χ1n) is 9.45. The summed E-state index contributed by atoms with van der Waals surface area (Å²) < 4.78 is 4.98. The SMILES string of the molecule is CCCCCC=CCC=CCC=CCCCC(C(=O)O)c1ccoc1. The van der Waals surface area contributed by atoms with Crippen molar-refractivity contribution < 1.29 is 14.3 Å². The van der Waals surface area contributed by atoms with E-state index in [1.54, 1.807) is 6.07 Å². The fourth-order valence-electron chi connectivity index (χ4n) is 2.64. The van der Waals surface area contributed by atoms with Gasteiger partial charge in [-0.25, -0.2) is 0 Å². The van der Waals surface area contributed by atoms with Crippen LogP contribution >= 0.6 is 0 Å². The molecule has 1 atom stereocenters. The molecule has 0 aliphatic heterocycles. The van der Waals surface area contributed by atoms with E-state index >= 15 is 0 Å². The van der Waals surface area contributed by atoms with Crippen LogP contribution in [0.15, 0.2) is 59.5 Å². The van der Waals surface area contributed by atoms with Crippen LogP contribution in [0.3, 0.4) is 0 Å². The number of hydrogen-bond donors (Lipinski definition) is 1. The summed E-state index contributed by atoms with van der Waals surface area (Å²) in [5, 5.41) is 9.27. The Kier molecular flexibility index (Phi) is 12.0. The van der Waals surface area contributed by atoms with Gasteiger partial charge in [-0.05, 0) is 51.0 Å². The summed E-state index contributed by atoms with van der Waals surface area (Å²) in [5.41, 5.74) is 0.752. The average molecular weight is 344 g/mol. The topological polar surface area (TPSA) is 50.4 Å². The smallest absolute Gasteiger partial charge is 0.311 e. The quantitative estimate of drug-likeness (QED) is 0.304. The fourth-order valence-corrected chi connectivity index (χ4v) is 2.64. The van der Waals surface area contributed by atoms with E-state index in [4.69, 9.17) is 4.42 Å². The van der Waals surface area contributed by atoms with Gasteiger partial charge in [0.2, 0.25) is 0 Å². The van der Waals surface area contributed by atoms with Gasteiger partial charge in [0, 0.05) is 5.56 Å². The van der Waals surface area contributed by atoms with E-state index < -0.39 is 11.9 Å². The molecule has 1 heterocycles. The van der Waals surface area contributed by atoms with Crippen LogP contribution in [0.1, 0.15) is 76.2 Å². The first-order chi connectivity index (χ1) is 12.3. The second kappa shape index (κ2) is 14.3. The molecule has 3 nitrogen and oxygen atoms in total. The molecule has 3 heteroatoms. The minimum atomic E-state index is -0.781. The molecule has 0 radical (unpaired) electrons. The second-order valence-electron chi connectivity index (χ2n) is 6.26. The molecule has 25 heavy (non-hydrogen) atoms. The number of unbranched alkanes of at least 4 members (excludes halogenated alkanes) is 4. The third-order valence-electron chi connectivity index (χ3n) is 4.13. The van der Waals surface area contributed by atoms with E-state index in [0.717, 1.165) is 31.2 Å². The number of allylic oxidation sites excluding steroid dienone is 6. The van der Waals surface area contributed by atoms with Crippen LogP contribution in [-0.2, 0) is 4.79 Å².